The van der Waals surface area contributed by atoms with Crippen molar-refractivity contribution in [3.63, 3.8) is 0 Å². The van der Waals surface area contributed by atoms with Gasteiger partial charge >= 0.3 is 0 Å². The second kappa shape index (κ2) is 5.63. The normalized spacial score (nSPS) is 18.2. The number of benzene rings is 1. The minimum Gasteiger partial charge on any atom is -0.359 e. The van der Waals surface area contributed by atoms with Crippen LogP contribution in [0.4, 0.5) is 0 Å². The highest BCUT2D eigenvalue weighted by molar-refractivity contribution is 5.97. The lowest BCUT2D eigenvalue weighted by Gasteiger charge is -2.32. The molecule has 3 heterocycles. The minimum absolute atomic E-state index is 0.0563. The SMILES string of the molecule is Cc1cn[nH]c1C1CCCN(C(=O)c2ccc3c(c2)no[n+]3[O-])C1. The number of aromatic nitrogens is 4. The summed E-state index contributed by atoms with van der Waals surface area (Å²) in [6.45, 7) is 3.40. The lowest BCUT2D eigenvalue weighted by atomic mass is 9.92. The molecule has 8 heteroatoms. The summed E-state index contributed by atoms with van der Waals surface area (Å²) >= 11 is 0. The van der Waals surface area contributed by atoms with Gasteiger partial charge in [0.15, 0.2) is 0 Å². The van der Waals surface area contributed by atoms with Crippen LogP contribution >= 0.6 is 0 Å². The van der Waals surface area contributed by atoms with Gasteiger partial charge < -0.3 is 10.1 Å². The van der Waals surface area contributed by atoms with E-state index in [1.807, 2.05) is 18.0 Å². The van der Waals surface area contributed by atoms with Crippen molar-refractivity contribution >= 4 is 16.9 Å². The van der Waals surface area contributed by atoms with E-state index >= 15 is 0 Å². The van der Waals surface area contributed by atoms with E-state index in [2.05, 4.69) is 20.0 Å². The van der Waals surface area contributed by atoms with Gasteiger partial charge in [0.25, 0.3) is 5.91 Å². The predicted octanol–water partition coefficient (Wildman–Crippen LogP) is 1.51. The quantitative estimate of drug-likeness (QED) is 0.719. The second-order valence-corrected chi connectivity index (χ2v) is 6.19. The van der Waals surface area contributed by atoms with E-state index in [4.69, 9.17) is 0 Å². The molecule has 2 aromatic heterocycles. The van der Waals surface area contributed by atoms with Crippen LogP contribution in [0.25, 0.3) is 11.0 Å². The summed E-state index contributed by atoms with van der Waals surface area (Å²) in [5.74, 6) is 0.212. The van der Waals surface area contributed by atoms with Crippen LogP contribution in [0.15, 0.2) is 29.0 Å². The number of rotatable bonds is 2. The molecular formula is C16H17N5O3. The van der Waals surface area contributed by atoms with Crippen molar-refractivity contribution in [2.24, 2.45) is 0 Å². The topological polar surface area (TPSA) is 102 Å². The molecule has 24 heavy (non-hydrogen) atoms. The van der Waals surface area contributed by atoms with E-state index in [-0.39, 0.29) is 11.8 Å². The van der Waals surface area contributed by atoms with Crippen LogP contribution in [0.3, 0.4) is 0 Å². The molecule has 1 saturated heterocycles. The van der Waals surface area contributed by atoms with Gasteiger partial charge in [-0.3, -0.25) is 14.5 Å². The van der Waals surface area contributed by atoms with E-state index in [0.717, 1.165) is 30.6 Å². The minimum atomic E-state index is -0.0563. The molecule has 0 spiro atoms. The number of nitrogens with one attached hydrogen (secondary N) is 1. The summed E-state index contributed by atoms with van der Waals surface area (Å²) in [6.07, 6.45) is 3.79. The summed E-state index contributed by atoms with van der Waals surface area (Å²) in [4.78, 5) is 15.0. The number of likely N-dealkylation sites (tertiary alicyclic amines) is 1. The Morgan fingerprint density at radius 3 is 3.17 bits per heavy atom. The van der Waals surface area contributed by atoms with Gasteiger partial charge in [-0.25, -0.2) is 0 Å². The first kappa shape index (κ1) is 14.7. The number of piperidine rings is 1. The van der Waals surface area contributed by atoms with Gasteiger partial charge in [-0.05, 0) is 42.4 Å². The molecule has 1 aromatic carbocycles. The first-order chi connectivity index (χ1) is 11.6. The van der Waals surface area contributed by atoms with Crippen LogP contribution < -0.4 is 4.90 Å². The van der Waals surface area contributed by atoms with Gasteiger partial charge in [-0.2, -0.15) is 5.10 Å². The zero-order valence-corrected chi connectivity index (χ0v) is 13.2. The Morgan fingerprint density at radius 2 is 2.38 bits per heavy atom. The monoisotopic (exact) mass is 327 g/mol. The van der Waals surface area contributed by atoms with Gasteiger partial charge in [0.1, 0.15) is 0 Å². The van der Waals surface area contributed by atoms with Crippen LogP contribution in [0, 0.1) is 12.1 Å². The first-order valence-corrected chi connectivity index (χ1v) is 7.92. The highest BCUT2D eigenvalue weighted by atomic mass is 16.8. The fraction of sp³-hybridized carbons (Fsp3) is 0.375. The van der Waals surface area contributed by atoms with E-state index in [1.165, 1.54) is 0 Å². The number of aromatic amines is 1. The van der Waals surface area contributed by atoms with Gasteiger partial charge in [-0.1, -0.05) is 0 Å². The van der Waals surface area contributed by atoms with Crippen LogP contribution in [-0.4, -0.2) is 39.3 Å². The van der Waals surface area contributed by atoms with Crippen LogP contribution in [0.1, 0.15) is 40.4 Å². The molecule has 124 valence electrons. The first-order valence-electron chi connectivity index (χ1n) is 7.92. The Bertz CT molecular complexity index is 900. The van der Waals surface area contributed by atoms with E-state index in [1.54, 1.807) is 18.2 Å². The van der Waals surface area contributed by atoms with E-state index < -0.39 is 0 Å². The number of fused-ring (bicyclic) bond motifs is 1. The lowest BCUT2D eigenvalue weighted by molar-refractivity contribution is -0.782. The zero-order valence-electron chi connectivity index (χ0n) is 13.2. The van der Waals surface area contributed by atoms with Crippen molar-refractivity contribution in [2.75, 3.05) is 13.1 Å². The Morgan fingerprint density at radius 1 is 1.50 bits per heavy atom. The molecule has 1 N–H and O–H groups in total. The molecule has 3 aromatic rings. The standard InChI is InChI=1S/C16H17N5O3/c1-10-8-17-18-15(10)12-3-2-6-20(9-12)16(22)11-4-5-14-13(7-11)19-24-21(14)23/h4-5,7-8,12H,2-3,6,9H2,1H3,(H,17,18). The number of aryl methyl sites for hydroxylation is 1. The zero-order chi connectivity index (χ0) is 16.7. The molecule has 1 aliphatic heterocycles. The third-order valence-electron chi connectivity index (χ3n) is 4.62. The molecule has 8 nitrogen and oxygen atoms in total. The molecule has 1 amide bonds. The number of hydrogen-bond acceptors (Lipinski definition) is 5. The number of nitrogens with zero attached hydrogens (tertiary/aromatic N) is 4. The number of H-pyrrole nitrogens is 1. The van der Waals surface area contributed by atoms with Crippen molar-refractivity contribution in [3.8, 4) is 0 Å². The summed E-state index contributed by atoms with van der Waals surface area (Å²) < 4.78 is 4.55. The Hall–Kier alpha value is -2.90. The number of carbonyl (C=O) groups excluding carboxylic acids is 1. The Kier molecular flexibility index (Phi) is 3.44. The van der Waals surface area contributed by atoms with Crippen molar-refractivity contribution in [3.05, 3.63) is 46.4 Å². The number of hydrogen-bond donors (Lipinski definition) is 1. The number of amides is 1. The van der Waals surface area contributed by atoms with Crippen LogP contribution in [0.5, 0.6) is 0 Å². The lowest BCUT2D eigenvalue weighted by Crippen LogP contribution is -2.39. The maximum absolute atomic E-state index is 12.8. The third kappa shape index (κ3) is 2.40. The highest BCUT2D eigenvalue weighted by Crippen LogP contribution is 2.28. The molecule has 1 unspecified atom stereocenters. The average Bonchev–Trinajstić information content (AvgIpc) is 3.20. The molecular weight excluding hydrogens is 310 g/mol. The molecule has 0 aliphatic carbocycles. The maximum atomic E-state index is 12.8. The van der Waals surface area contributed by atoms with Crippen LogP contribution in [0.2, 0.25) is 0 Å². The second-order valence-electron chi connectivity index (χ2n) is 6.19. The fourth-order valence-corrected chi connectivity index (χ4v) is 3.36. The van der Waals surface area contributed by atoms with Crippen molar-refractivity contribution < 1.29 is 14.3 Å². The smallest absolute Gasteiger partial charge is 0.254 e. The van der Waals surface area contributed by atoms with Crippen molar-refractivity contribution in [1.82, 2.24) is 20.3 Å². The molecule has 0 saturated carbocycles. The predicted molar refractivity (Wildman–Crippen MR) is 84.2 cm³/mol. The maximum Gasteiger partial charge on any atom is 0.254 e. The van der Waals surface area contributed by atoms with Gasteiger partial charge in [0, 0.05) is 41.5 Å². The molecule has 1 aliphatic rings. The number of carbonyl (C=O) groups is 1. The summed E-state index contributed by atoms with van der Waals surface area (Å²) in [5.41, 5.74) is 3.44. The average molecular weight is 327 g/mol. The van der Waals surface area contributed by atoms with Crippen LogP contribution in [-0.2, 0) is 0 Å². The molecule has 4 rings (SSSR count). The van der Waals surface area contributed by atoms with Gasteiger partial charge in [0.2, 0.25) is 11.0 Å². The largest absolute Gasteiger partial charge is 0.359 e. The van der Waals surface area contributed by atoms with Crippen molar-refractivity contribution in [2.45, 2.75) is 25.7 Å². The highest BCUT2D eigenvalue weighted by Gasteiger charge is 2.27. The summed E-state index contributed by atoms with van der Waals surface area (Å²) in [5, 5.41) is 22.2. The molecule has 1 atom stereocenters. The molecule has 0 bridgehead atoms. The van der Waals surface area contributed by atoms with Crippen molar-refractivity contribution in [1.29, 1.82) is 0 Å². The Labute approximate surface area is 137 Å². The van der Waals surface area contributed by atoms with Gasteiger partial charge in [-0.15, -0.1) is 0 Å². The summed E-state index contributed by atoms with van der Waals surface area (Å²) in [6, 6.07) is 4.80. The van der Waals surface area contributed by atoms with E-state index in [0.29, 0.717) is 28.0 Å². The third-order valence-corrected chi connectivity index (χ3v) is 4.62. The van der Waals surface area contributed by atoms with Gasteiger partial charge in [0.05, 0.1) is 6.20 Å². The summed E-state index contributed by atoms with van der Waals surface area (Å²) in [7, 11) is 0. The molecule has 0 radical (unpaired) electrons. The molecule has 1 fully saturated rings. The Balaban J connectivity index is 1.57. The van der Waals surface area contributed by atoms with E-state index in [9.17, 15) is 10.0 Å². The fourth-order valence-electron chi connectivity index (χ4n) is 3.36.